The lowest BCUT2D eigenvalue weighted by atomic mass is 10.1. The van der Waals surface area contributed by atoms with Crippen molar-refractivity contribution < 1.29 is 0 Å². The summed E-state index contributed by atoms with van der Waals surface area (Å²) < 4.78 is 1.88. The molecule has 3 rings (SSSR count). The van der Waals surface area contributed by atoms with Gasteiger partial charge in [-0.15, -0.1) is 0 Å². The summed E-state index contributed by atoms with van der Waals surface area (Å²) >= 11 is 0. The molecule has 0 atom stereocenters. The monoisotopic (exact) mass is 318 g/mol. The highest BCUT2D eigenvalue weighted by molar-refractivity contribution is 5.47. The number of hydrogen-bond donors (Lipinski definition) is 1. The molecular weight excluding hydrogens is 300 g/mol. The Bertz CT molecular complexity index is 861. The lowest BCUT2D eigenvalue weighted by Crippen LogP contribution is -2.06. The molecule has 0 amide bonds. The molecule has 0 unspecified atom stereocenters. The van der Waals surface area contributed by atoms with E-state index in [-0.39, 0.29) is 0 Å². The highest BCUT2D eigenvalue weighted by Crippen LogP contribution is 2.21. The summed E-state index contributed by atoms with van der Waals surface area (Å²) in [6, 6.07) is 12.0. The van der Waals surface area contributed by atoms with Gasteiger partial charge in [-0.05, 0) is 18.1 Å². The average molecular weight is 318 g/mol. The van der Waals surface area contributed by atoms with Crippen molar-refractivity contribution >= 4 is 5.82 Å². The van der Waals surface area contributed by atoms with Gasteiger partial charge in [-0.1, -0.05) is 32.0 Å². The Hall–Kier alpha value is -3.20. The minimum absolute atomic E-state index is 0.291. The molecule has 2 aromatic heterocycles. The Morgan fingerprint density at radius 1 is 1.17 bits per heavy atom. The lowest BCUT2D eigenvalue weighted by molar-refractivity contribution is 0.763. The third-order valence-corrected chi connectivity index (χ3v) is 3.64. The first-order chi connectivity index (χ1) is 11.7. The van der Waals surface area contributed by atoms with Gasteiger partial charge in [0.25, 0.3) is 0 Å². The van der Waals surface area contributed by atoms with Gasteiger partial charge in [0, 0.05) is 30.7 Å². The van der Waals surface area contributed by atoms with Crippen LogP contribution in [0.4, 0.5) is 5.82 Å². The molecule has 1 N–H and O–H groups in total. The Morgan fingerprint density at radius 2 is 1.92 bits per heavy atom. The SMILES string of the molecule is CC(C)c1nn(-c2ccccc2)cc1CNc1nccnc1C#N. The standard InChI is InChI=1S/C18H18N6/c1-13(2)17-14(11-22-18-16(10-19)20-8-9-21-18)12-24(23-17)15-6-4-3-5-7-15/h3-9,12-13H,11H2,1-2H3,(H,21,22). The van der Waals surface area contributed by atoms with Crippen LogP contribution in [0.1, 0.15) is 36.7 Å². The summed E-state index contributed by atoms with van der Waals surface area (Å²) in [5.41, 5.74) is 3.40. The van der Waals surface area contributed by atoms with Crippen LogP contribution < -0.4 is 5.32 Å². The largest absolute Gasteiger partial charge is 0.363 e. The number of rotatable bonds is 5. The maximum Gasteiger partial charge on any atom is 0.182 e. The predicted octanol–water partition coefficient (Wildman–Crippen LogP) is 3.27. The van der Waals surface area contributed by atoms with Crippen LogP contribution in [-0.4, -0.2) is 19.7 Å². The lowest BCUT2D eigenvalue weighted by Gasteiger charge is -2.07. The fourth-order valence-electron chi connectivity index (χ4n) is 2.49. The molecule has 0 fully saturated rings. The average Bonchev–Trinajstić information content (AvgIpc) is 3.05. The van der Waals surface area contributed by atoms with Crippen molar-refractivity contribution in [3.63, 3.8) is 0 Å². The quantitative estimate of drug-likeness (QED) is 0.781. The van der Waals surface area contributed by atoms with Crippen LogP contribution >= 0.6 is 0 Å². The number of benzene rings is 1. The third kappa shape index (κ3) is 3.25. The molecule has 24 heavy (non-hydrogen) atoms. The van der Waals surface area contributed by atoms with Crippen molar-refractivity contribution in [2.45, 2.75) is 26.3 Å². The number of nitrogens with zero attached hydrogens (tertiary/aromatic N) is 5. The topological polar surface area (TPSA) is 79.4 Å². The molecule has 0 spiro atoms. The van der Waals surface area contributed by atoms with E-state index in [1.165, 1.54) is 6.20 Å². The second kappa shape index (κ2) is 6.92. The van der Waals surface area contributed by atoms with E-state index in [2.05, 4.69) is 29.1 Å². The maximum atomic E-state index is 9.10. The van der Waals surface area contributed by atoms with Gasteiger partial charge >= 0.3 is 0 Å². The Kier molecular flexibility index (Phi) is 4.52. The normalized spacial score (nSPS) is 10.6. The Balaban J connectivity index is 1.87. The van der Waals surface area contributed by atoms with Crippen LogP contribution in [0, 0.1) is 11.3 Å². The van der Waals surface area contributed by atoms with Gasteiger partial charge in [0.1, 0.15) is 6.07 Å². The Morgan fingerprint density at radius 3 is 2.62 bits per heavy atom. The summed E-state index contributed by atoms with van der Waals surface area (Å²) in [6.07, 6.45) is 5.09. The molecule has 3 aromatic rings. The van der Waals surface area contributed by atoms with Crippen LogP contribution in [0.3, 0.4) is 0 Å². The molecule has 0 bridgehead atoms. The molecule has 120 valence electrons. The molecule has 0 saturated carbocycles. The molecular formula is C18H18N6. The highest BCUT2D eigenvalue weighted by atomic mass is 15.3. The summed E-state index contributed by atoms with van der Waals surface area (Å²) in [7, 11) is 0. The van der Waals surface area contributed by atoms with Gasteiger partial charge in [-0.3, -0.25) is 0 Å². The van der Waals surface area contributed by atoms with E-state index < -0.39 is 0 Å². The van der Waals surface area contributed by atoms with Crippen molar-refractivity contribution in [3.05, 3.63) is 65.9 Å². The molecule has 0 aliphatic heterocycles. The van der Waals surface area contributed by atoms with E-state index in [1.54, 1.807) is 6.20 Å². The van der Waals surface area contributed by atoms with Gasteiger partial charge in [0.05, 0.1) is 11.4 Å². The number of para-hydroxylation sites is 1. The summed E-state index contributed by atoms with van der Waals surface area (Å²) in [5, 5.41) is 17.0. The molecule has 1 aromatic carbocycles. The number of anilines is 1. The van der Waals surface area contributed by atoms with E-state index in [9.17, 15) is 0 Å². The first-order valence-corrected chi connectivity index (χ1v) is 7.78. The number of nitriles is 1. The van der Waals surface area contributed by atoms with Gasteiger partial charge in [0.2, 0.25) is 0 Å². The number of nitrogens with one attached hydrogen (secondary N) is 1. The minimum atomic E-state index is 0.291. The fraction of sp³-hybridized carbons (Fsp3) is 0.222. The van der Waals surface area contributed by atoms with Crippen LogP contribution in [0.15, 0.2) is 48.9 Å². The van der Waals surface area contributed by atoms with E-state index >= 15 is 0 Å². The smallest absolute Gasteiger partial charge is 0.182 e. The minimum Gasteiger partial charge on any atom is -0.363 e. The highest BCUT2D eigenvalue weighted by Gasteiger charge is 2.14. The summed E-state index contributed by atoms with van der Waals surface area (Å²) in [5.74, 6) is 0.784. The molecule has 6 heteroatoms. The first kappa shape index (κ1) is 15.7. The van der Waals surface area contributed by atoms with Crippen LogP contribution in [0.2, 0.25) is 0 Å². The summed E-state index contributed by atoms with van der Waals surface area (Å²) in [4.78, 5) is 8.19. The van der Waals surface area contributed by atoms with Crippen LogP contribution in [0.5, 0.6) is 0 Å². The molecule has 0 saturated heterocycles. The van der Waals surface area contributed by atoms with Crippen molar-refractivity contribution in [1.82, 2.24) is 19.7 Å². The zero-order valence-corrected chi connectivity index (χ0v) is 13.6. The third-order valence-electron chi connectivity index (χ3n) is 3.64. The van der Waals surface area contributed by atoms with Crippen molar-refractivity contribution in [1.29, 1.82) is 5.26 Å². The molecule has 0 aliphatic rings. The summed E-state index contributed by atoms with van der Waals surface area (Å²) in [6.45, 7) is 4.77. The van der Waals surface area contributed by atoms with E-state index in [1.807, 2.05) is 47.3 Å². The van der Waals surface area contributed by atoms with Gasteiger partial charge in [-0.25, -0.2) is 14.6 Å². The van der Waals surface area contributed by atoms with Crippen molar-refractivity contribution in [3.8, 4) is 11.8 Å². The van der Waals surface area contributed by atoms with Gasteiger partial charge in [0.15, 0.2) is 11.5 Å². The number of hydrogen-bond acceptors (Lipinski definition) is 5. The first-order valence-electron chi connectivity index (χ1n) is 7.78. The van der Waals surface area contributed by atoms with E-state index in [0.29, 0.717) is 24.0 Å². The van der Waals surface area contributed by atoms with E-state index in [0.717, 1.165) is 16.9 Å². The van der Waals surface area contributed by atoms with E-state index in [4.69, 9.17) is 10.4 Å². The molecule has 0 radical (unpaired) electrons. The Labute approximate surface area is 140 Å². The number of aromatic nitrogens is 4. The maximum absolute atomic E-state index is 9.10. The molecule has 6 nitrogen and oxygen atoms in total. The van der Waals surface area contributed by atoms with Crippen molar-refractivity contribution in [2.75, 3.05) is 5.32 Å². The zero-order valence-electron chi connectivity index (χ0n) is 13.6. The zero-order chi connectivity index (χ0) is 16.9. The van der Waals surface area contributed by atoms with Crippen LogP contribution in [0.25, 0.3) is 5.69 Å². The molecule has 2 heterocycles. The van der Waals surface area contributed by atoms with Gasteiger partial charge in [-0.2, -0.15) is 10.4 Å². The fourth-order valence-corrected chi connectivity index (χ4v) is 2.49. The predicted molar refractivity (Wildman–Crippen MR) is 91.7 cm³/mol. The van der Waals surface area contributed by atoms with Crippen molar-refractivity contribution in [2.24, 2.45) is 0 Å². The van der Waals surface area contributed by atoms with Crippen LogP contribution in [-0.2, 0) is 6.54 Å². The molecule has 0 aliphatic carbocycles. The second-order valence-corrected chi connectivity index (χ2v) is 5.69. The second-order valence-electron chi connectivity index (χ2n) is 5.69. The van der Waals surface area contributed by atoms with Gasteiger partial charge < -0.3 is 5.32 Å².